The summed E-state index contributed by atoms with van der Waals surface area (Å²) in [6.45, 7) is 9.59. The van der Waals surface area contributed by atoms with Crippen molar-refractivity contribution in [1.29, 1.82) is 0 Å². The van der Waals surface area contributed by atoms with Gasteiger partial charge in [-0.3, -0.25) is 9.59 Å². The molecule has 3 N–H and O–H groups in total. The number of hydrogen-bond acceptors (Lipinski definition) is 4. The van der Waals surface area contributed by atoms with Gasteiger partial charge in [0.05, 0.1) is 11.1 Å². The minimum atomic E-state index is -1.24. The van der Waals surface area contributed by atoms with Crippen LogP contribution in [-0.2, 0) is 15.0 Å². The van der Waals surface area contributed by atoms with Crippen molar-refractivity contribution in [2.24, 2.45) is 5.41 Å². The summed E-state index contributed by atoms with van der Waals surface area (Å²) in [5, 5.41) is 10.0. The minimum absolute atomic E-state index is 0.0418. The average molecular weight is 562 g/mol. The zero-order chi connectivity index (χ0) is 27.2. The summed E-state index contributed by atoms with van der Waals surface area (Å²) in [7, 11) is 0. The molecule has 6 nitrogen and oxygen atoms in total. The Kier molecular flexibility index (Phi) is 7.50. The molecule has 2 aromatic rings. The van der Waals surface area contributed by atoms with Crippen LogP contribution >= 0.6 is 23.2 Å². The number of halogens is 3. The molecule has 4 atom stereocenters. The van der Waals surface area contributed by atoms with E-state index in [2.05, 4.69) is 41.6 Å². The normalized spacial score (nSPS) is 27.1. The van der Waals surface area contributed by atoms with Gasteiger partial charge in [-0.25, -0.2) is 4.39 Å². The van der Waals surface area contributed by atoms with Crippen LogP contribution in [0.15, 0.2) is 36.4 Å². The van der Waals surface area contributed by atoms with Gasteiger partial charge in [0.2, 0.25) is 11.8 Å². The van der Waals surface area contributed by atoms with Crippen LogP contribution in [-0.4, -0.2) is 55.0 Å². The first-order chi connectivity index (χ1) is 18.0. The predicted molar refractivity (Wildman–Crippen MR) is 149 cm³/mol. The van der Waals surface area contributed by atoms with Gasteiger partial charge in [-0.05, 0) is 67.1 Å². The quantitative estimate of drug-likeness (QED) is 0.459. The Morgan fingerprint density at radius 1 is 1.18 bits per heavy atom. The van der Waals surface area contributed by atoms with Crippen LogP contribution in [0.2, 0.25) is 10.0 Å². The van der Waals surface area contributed by atoms with E-state index < -0.39 is 29.2 Å². The highest BCUT2D eigenvalue weighted by molar-refractivity contribution is 6.31. The van der Waals surface area contributed by atoms with Crippen LogP contribution in [0.5, 0.6) is 0 Å². The molecule has 2 fully saturated rings. The Bertz CT molecular complexity index is 1240. The molecule has 0 bridgehead atoms. The lowest BCUT2D eigenvalue weighted by molar-refractivity contribution is -0.123. The summed E-state index contributed by atoms with van der Waals surface area (Å²) in [6, 6.07) is 8.79. The number of carbonyl (C=O) groups excluding carboxylic acids is 2. The first kappa shape index (κ1) is 27.4. The molecule has 5 rings (SSSR count). The van der Waals surface area contributed by atoms with Crippen molar-refractivity contribution in [1.82, 2.24) is 15.5 Å². The van der Waals surface area contributed by atoms with E-state index >= 15 is 4.39 Å². The molecule has 2 amide bonds. The number of rotatable bonds is 6. The maximum absolute atomic E-state index is 15.8. The zero-order valence-electron chi connectivity index (χ0n) is 22.0. The molecule has 3 heterocycles. The lowest BCUT2D eigenvalue weighted by Crippen LogP contribution is -2.49. The summed E-state index contributed by atoms with van der Waals surface area (Å²) in [5.41, 5.74) is 0.129. The third kappa shape index (κ3) is 4.83. The van der Waals surface area contributed by atoms with Crippen molar-refractivity contribution < 1.29 is 14.0 Å². The van der Waals surface area contributed by atoms with E-state index in [0.29, 0.717) is 29.2 Å². The molecule has 0 unspecified atom stereocenters. The van der Waals surface area contributed by atoms with Crippen LogP contribution < -0.4 is 16.0 Å². The van der Waals surface area contributed by atoms with E-state index in [1.54, 1.807) is 24.3 Å². The predicted octanol–water partition coefficient (Wildman–Crippen LogP) is 5.09. The van der Waals surface area contributed by atoms with Crippen molar-refractivity contribution in [2.45, 2.75) is 63.5 Å². The van der Waals surface area contributed by atoms with Gasteiger partial charge in [-0.15, -0.1) is 0 Å². The zero-order valence-corrected chi connectivity index (χ0v) is 23.6. The van der Waals surface area contributed by atoms with E-state index in [1.165, 1.54) is 18.9 Å². The molecule has 3 aliphatic heterocycles. The fourth-order valence-electron chi connectivity index (χ4n) is 6.61. The smallest absolute Gasteiger partial charge is 0.237 e. The number of carbonyl (C=O) groups is 2. The molecule has 0 aliphatic carbocycles. The number of hydrogen-bond donors (Lipinski definition) is 3. The maximum atomic E-state index is 15.8. The molecule has 0 saturated carbocycles. The molecular weight excluding hydrogens is 526 g/mol. The van der Waals surface area contributed by atoms with Gasteiger partial charge in [-0.1, -0.05) is 62.2 Å². The van der Waals surface area contributed by atoms with Gasteiger partial charge < -0.3 is 20.9 Å². The molecule has 9 heteroatoms. The van der Waals surface area contributed by atoms with Gasteiger partial charge in [0.1, 0.15) is 11.2 Å². The number of fused-ring (bicyclic) bond motifs is 2. The minimum Gasteiger partial charge on any atom is -0.353 e. The van der Waals surface area contributed by atoms with Gasteiger partial charge >= 0.3 is 0 Å². The van der Waals surface area contributed by atoms with Crippen LogP contribution in [0.1, 0.15) is 57.1 Å². The van der Waals surface area contributed by atoms with E-state index in [0.717, 1.165) is 19.6 Å². The van der Waals surface area contributed by atoms with Crippen molar-refractivity contribution in [2.75, 3.05) is 31.5 Å². The van der Waals surface area contributed by atoms with Crippen molar-refractivity contribution >= 4 is 40.7 Å². The molecule has 204 valence electrons. The molecule has 2 aromatic carbocycles. The van der Waals surface area contributed by atoms with Gasteiger partial charge in [-0.2, -0.15) is 0 Å². The molecular formula is C29H35Cl2FN4O2. The number of benzene rings is 2. The summed E-state index contributed by atoms with van der Waals surface area (Å²) >= 11 is 12.5. The second-order valence-corrected chi connectivity index (χ2v) is 12.8. The summed E-state index contributed by atoms with van der Waals surface area (Å²) in [4.78, 5) is 30.3. The molecule has 0 aromatic heterocycles. The largest absolute Gasteiger partial charge is 0.353 e. The first-order valence-electron chi connectivity index (χ1n) is 13.3. The van der Waals surface area contributed by atoms with E-state index in [9.17, 15) is 9.59 Å². The van der Waals surface area contributed by atoms with Crippen molar-refractivity contribution in [3.05, 3.63) is 63.4 Å². The van der Waals surface area contributed by atoms with Gasteiger partial charge in [0, 0.05) is 35.8 Å². The van der Waals surface area contributed by atoms with Crippen LogP contribution in [0.3, 0.4) is 0 Å². The van der Waals surface area contributed by atoms with Crippen molar-refractivity contribution in [3.63, 3.8) is 0 Å². The van der Waals surface area contributed by atoms with Gasteiger partial charge in [0.25, 0.3) is 0 Å². The highest BCUT2D eigenvalue weighted by Crippen LogP contribution is 2.57. The topological polar surface area (TPSA) is 73.5 Å². The highest BCUT2D eigenvalue weighted by Gasteiger charge is 2.66. The number of nitrogens with zero attached hydrogens (tertiary/aromatic N) is 1. The monoisotopic (exact) mass is 560 g/mol. The Labute approximate surface area is 233 Å². The maximum Gasteiger partial charge on any atom is 0.237 e. The Balaban J connectivity index is 1.62. The molecule has 2 saturated heterocycles. The molecule has 0 radical (unpaired) electrons. The second kappa shape index (κ2) is 10.4. The first-order valence-corrected chi connectivity index (χ1v) is 14.1. The Morgan fingerprint density at radius 2 is 1.92 bits per heavy atom. The SMILES string of the molecule is CC(C)(C)C[C@H]1N[C@@H](C(=O)NCCN2CCCC2)[C@H](c2cccc(Cl)c2F)[C@@]12C(=O)Nc1cc(Cl)ccc12. The molecule has 1 spiro atoms. The van der Waals surface area contributed by atoms with Crippen LogP contribution in [0, 0.1) is 11.2 Å². The van der Waals surface area contributed by atoms with Gasteiger partial charge in [0.15, 0.2) is 0 Å². The lowest BCUT2D eigenvalue weighted by Gasteiger charge is -2.37. The Morgan fingerprint density at radius 3 is 2.63 bits per heavy atom. The molecule has 38 heavy (non-hydrogen) atoms. The average Bonchev–Trinajstić information content (AvgIpc) is 3.53. The Hall–Kier alpha value is -2.19. The fraction of sp³-hybridized carbons (Fsp3) is 0.517. The van der Waals surface area contributed by atoms with Crippen LogP contribution in [0.4, 0.5) is 10.1 Å². The number of anilines is 1. The lowest BCUT2D eigenvalue weighted by atomic mass is 9.62. The number of nitrogens with one attached hydrogen (secondary N) is 3. The summed E-state index contributed by atoms with van der Waals surface area (Å²) in [6.07, 6.45) is 2.92. The third-order valence-electron chi connectivity index (χ3n) is 8.15. The van der Waals surface area contributed by atoms with E-state index in [4.69, 9.17) is 23.2 Å². The van der Waals surface area contributed by atoms with Crippen molar-refractivity contribution in [3.8, 4) is 0 Å². The highest BCUT2D eigenvalue weighted by atomic mass is 35.5. The number of amides is 2. The molecule has 3 aliphatic rings. The van der Waals surface area contributed by atoms with E-state index in [-0.39, 0.29) is 27.8 Å². The summed E-state index contributed by atoms with van der Waals surface area (Å²) < 4.78 is 15.8. The fourth-order valence-corrected chi connectivity index (χ4v) is 6.96. The second-order valence-electron chi connectivity index (χ2n) is 11.9. The third-order valence-corrected chi connectivity index (χ3v) is 8.67. The van der Waals surface area contributed by atoms with E-state index in [1.807, 2.05) is 6.07 Å². The summed E-state index contributed by atoms with van der Waals surface area (Å²) in [5.74, 6) is -1.96. The standard InChI is InChI=1S/C29H35Cl2FN4O2/c1-28(2,3)16-22-29(19-10-9-17(30)15-21(19)34-27(29)38)23(18-7-6-8-20(31)24(18)32)25(35-22)26(37)33-11-14-36-12-4-5-13-36/h6-10,15,22-23,25,35H,4-5,11-14,16H2,1-3H3,(H,33,37)(H,34,38)/t22-,23+,25-,29+/m1/s1. The van der Waals surface area contributed by atoms with Crippen LogP contribution in [0.25, 0.3) is 0 Å². The number of likely N-dealkylation sites (tertiary alicyclic amines) is 1.